The summed E-state index contributed by atoms with van der Waals surface area (Å²) in [6.07, 6.45) is 4.84. The van der Waals surface area contributed by atoms with Crippen LogP contribution in [-0.4, -0.2) is 61.3 Å². The summed E-state index contributed by atoms with van der Waals surface area (Å²) >= 11 is 6.47. The van der Waals surface area contributed by atoms with Crippen molar-refractivity contribution in [2.45, 2.75) is 25.5 Å². The number of methoxy groups -OCH3 is 2. The molecule has 1 aliphatic heterocycles. The van der Waals surface area contributed by atoms with Crippen LogP contribution in [0.5, 0.6) is 17.2 Å². The summed E-state index contributed by atoms with van der Waals surface area (Å²) in [6, 6.07) is 9.02. The van der Waals surface area contributed by atoms with Crippen molar-refractivity contribution in [1.82, 2.24) is 29.9 Å². The molecule has 0 amide bonds. The first-order valence-corrected chi connectivity index (χ1v) is 12.8. The monoisotopic (exact) mass is 561 g/mol. The Morgan fingerprint density at radius 2 is 2.05 bits per heavy atom. The van der Waals surface area contributed by atoms with E-state index in [2.05, 4.69) is 30.6 Å². The van der Waals surface area contributed by atoms with E-state index < -0.39 is 23.1 Å². The smallest absolute Gasteiger partial charge is 0.236 e. The maximum absolute atomic E-state index is 13.7. The summed E-state index contributed by atoms with van der Waals surface area (Å²) in [6.45, 7) is 2.21. The van der Waals surface area contributed by atoms with Crippen molar-refractivity contribution in [2.75, 3.05) is 19.5 Å². The molecular weight excluding hydrogens is 538 g/mol. The lowest BCUT2D eigenvalue weighted by molar-refractivity contribution is -0.129. The molecule has 12 nitrogen and oxygen atoms in total. The highest BCUT2D eigenvalue weighted by Crippen LogP contribution is 2.53. The number of allylic oxidation sites excluding steroid dienone is 1. The molecule has 4 aromatic rings. The van der Waals surface area contributed by atoms with Gasteiger partial charge in [0.2, 0.25) is 17.2 Å². The van der Waals surface area contributed by atoms with Crippen LogP contribution in [0, 0.1) is 5.92 Å². The third kappa shape index (κ3) is 4.08. The highest BCUT2D eigenvalue weighted by molar-refractivity contribution is 6.36. The summed E-state index contributed by atoms with van der Waals surface area (Å²) < 4.78 is 18.5. The number of carbonyl (C=O) groups is 2. The van der Waals surface area contributed by atoms with E-state index in [1.165, 1.54) is 32.7 Å². The molecule has 0 fully saturated rings. The zero-order valence-electron chi connectivity index (χ0n) is 21.8. The SMILES string of the molecule is COc1cc(OC)c2c(c1Cl)O[C@@]1(C(=O)C=C(Nc3cccc(-c4n[nH]c(Cn5cncn5)n4)c3)C[C@H]1C)C2=O. The van der Waals surface area contributed by atoms with Crippen molar-refractivity contribution in [3.63, 3.8) is 0 Å². The number of benzene rings is 2. The number of hydrogen-bond donors (Lipinski definition) is 2. The molecule has 2 atom stereocenters. The first kappa shape index (κ1) is 25.6. The first-order chi connectivity index (χ1) is 19.3. The fraction of sp³-hybridized carbons (Fsp3) is 0.259. The Balaban J connectivity index is 1.24. The van der Waals surface area contributed by atoms with Gasteiger partial charge in [-0.25, -0.2) is 14.6 Å². The van der Waals surface area contributed by atoms with Crippen LogP contribution in [-0.2, 0) is 11.3 Å². The predicted molar refractivity (Wildman–Crippen MR) is 144 cm³/mol. The largest absolute Gasteiger partial charge is 0.496 e. The van der Waals surface area contributed by atoms with Gasteiger partial charge in [0.05, 0.1) is 14.2 Å². The summed E-state index contributed by atoms with van der Waals surface area (Å²) in [4.78, 5) is 35.7. The Morgan fingerprint density at radius 3 is 2.77 bits per heavy atom. The minimum atomic E-state index is -1.74. The van der Waals surface area contributed by atoms with E-state index in [0.717, 1.165) is 11.3 Å². The summed E-state index contributed by atoms with van der Waals surface area (Å²) in [5, 5.41) is 14.7. The highest BCUT2D eigenvalue weighted by Gasteiger charge is 2.60. The maximum atomic E-state index is 13.7. The van der Waals surface area contributed by atoms with Crippen molar-refractivity contribution in [3.05, 3.63) is 71.2 Å². The molecule has 1 spiro atoms. The Morgan fingerprint density at radius 1 is 1.23 bits per heavy atom. The number of fused-ring (bicyclic) bond motifs is 1. The predicted octanol–water partition coefficient (Wildman–Crippen LogP) is 3.70. The number of nitrogens with one attached hydrogen (secondary N) is 2. The second kappa shape index (κ2) is 9.79. The van der Waals surface area contributed by atoms with Crippen molar-refractivity contribution in [2.24, 2.45) is 5.92 Å². The average Bonchev–Trinajstić information content (AvgIpc) is 3.69. The Bertz CT molecular complexity index is 1670. The van der Waals surface area contributed by atoms with Gasteiger partial charge >= 0.3 is 0 Å². The number of anilines is 1. The van der Waals surface area contributed by atoms with Gasteiger partial charge in [0.25, 0.3) is 0 Å². The molecule has 0 radical (unpaired) electrons. The van der Waals surface area contributed by atoms with E-state index in [-0.39, 0.29) is 27.8 Å². The molecule has 13 heteroatoms. The van der Waals surface area contributed by atoms with E-state index in [1.807, 2.05) is 24.3 Å². The Kier molecular flexibility index (Phi) is 6.26. The number of ketones is 2. The average molecular weight is 562 g/mol. The van der Waals surface area contributed by atoms with Crippen molar-refractivity contribution in [1.29, 1.82) is 0 Å². The number of rotatable bonds is 7. The normalized spacial score (nSPS) is 19.8. The standard InChI is InChI=1S/C27H24ClN7O5/c1-14-7-17(9-20(36)27(14)25(37)22-18(38-2)10-19(39-3)23(28)24(22)40-27)31-16-6-4-5-15(8-16)26-32-21(33-34-26)11-35-13-29-12-30-35/h4-6,8-10,12-14,31H,7,11H2,1-3H3,(H,32,33,34)/t14-,27+/m1/s1. The molecule has 40 heavy (non-hydrogen) atoms. The maximum Gasteiger partial charge on any atom is 0.236 e. The van der Waals surface area contributed by atoms with Crippen LogP contribution < -0.4 is 19.5 Å². The Labute approximate surface area is 233 Å². The van der Waals surface area contributed by atoms with Crippen molar-refractivity contribution >= 4 is 28.9 Å². The molecule has 2 aliphatic rings. The van der Waals surface area contributed by atoms with Gasteiger partial charge in [-0.15, -0.1) is 0 Å². The fourth-order valence-corrected chi connectivity index (χ4v) is 5.37. The molecule has 0 bridgehead atoms. The number of H-pyrrole nitrogens is 1. The molecule has 0 saturated heterocycles. The molecule has 1 aliphatic carbocycles. The minimum absolute atomic E-state index is 0.0928. The summed E-state index contributed by atoms with van der Waals surface area (Å²) in [7, 11) is 2.88. The molecule has 6 rings (SSSR count). The number of nitrogens with zero attached hydrogens (tertiary/aromatic N) is 5. The Hall–Kier alpha value is -4.71. The summed E-state index contributed by atoms with van der Waals surface area (Å²) in [5.41, 5.74) is 0.557. The minimum Gasteiger partial charge on any atom is -0.496 e. The van der Waals surface area contributed by atoms with Gasteiger partial charge in [-0.1, -0.05) is 30.7 Å². The van der Waals surface area contributed by atoms with Gasteiger partial charge in [-0.2, -0.15) is 10.2 Å². The van der Waals surface area contributed by atoms with Gasteiger partial charge in [-0.05, 0) is 18.6 Å². The molecule has 2 aromatic heterocycles. The number of halogens is 1. The molecule has 3 heterocycles. The number of carbonyl (C=O) groups excluding carboxylic acids is 2. The number of aromatic amines is 1. The van der Waals surface area contributed by atoms with Gasteiger partial charge < -0.3 is 19.5 Å². The zero-order chi connectivity index (χ0) is 28.0. The molecular formula is C27H24ClN7O5. The number of hydrogen-bond acceptors (Lipinski definition) is 10. The second-order valence-corrected chi connectivity index (χ2v) is 9.89. The molecule has 204 valence electrons. The zero-order valence-corrected chi connectivity index (χ0v) is 22.5. The summed E-state index contributed by atoms with van der Waals surface area (Å²) in [5.74, 6) is 0.302. The number of ether oxygens (including phenoxy) is 3. The highest BCUT2D eigenvalue weighted by atomic mass is 35.5. The van der Waals surface area contributed by atoms with Gasteiger partial charge in [-0.3, -0.25) is 14.7 Å². The van der Waals surface area contributed by atoms with Crippen molar-refractivity contribution in [3.8, 4) is 28.6 Å². The van der Waals surface area contributed by atoms with Gasteiger partial charge in [0.1, 0.15) is 47.1 Å². The first-order valence-electron chi connectivity index (χ1n) is 12.4. The van der Waals surface area contributed by atoms with Gasteiger partial charge in [0, 0.05) is 35.0 Å². The fourth-order valence-electron chi connectivity index (χ4n) is 5.10. The second-order valence-electron chi connectivity index (χ2n) is 9.51. The lowest BCUT2D eigenvalue weighted by Gasteiger charge is -2.35. The molecule has 0 unspecified atom stereocenters. The van der Waals surface area contributed by atoms with Gasteiger partial charge in [0.15, 0.2) is 11.6 Å². The quantitative estimate of drug-likeness (QED) is 0.320. The molecule has 2 N–H and O–H groups in total. The van der Waals surface area contributed by atoms with Crippen LogP contribution in [0.1, 0.15) is 29.5 Å². The molecule has 0 saturated carbocycles. The van der Waals surface area contributed by atoms with Crippen LogP contribution >= 0.6 is 11.6 Å². The van der Waals surface area contributed by atoms with Crippen LogP contribution in [0.25, 0.3) is 11.4 Å². The lowest BCUT2D eigenvalue weighted by atomic mass is 9.74. The van der Waals surface area contributed by atoms with E-state index in [4.69, 9.17) is 25.8 Å². The van der Waals surface area contributed by atoms with Crippen LogP contribution in [0.3, 0.4) is 0 Å². The van der Waals surface area contributed by atoms with E-state index in [0.29, 0.717) is 30.3 Å². The third-order valence-corrected chi connectivity index (χ3v) is 7.40. The van der Waals surface area contributed by atoms with E-state index in [9.17, 15) is 9.59 Å². The van der Waals surface area contributed by atoms with Crippen LogP contribution in [0.2, 0.25) is 5.02 Å². The van der Waals surface area contributed by atoms with Crippen molar-refractivity contribution < 1.29 is 23.8 Å². The van der Waals surface area contributed by atoms with E-state index >= 15 is 0 Å². The van der Waals surface area contributed by atoms with E-state index in [1.54, 1.807) is 17.9 Å². The topological polar surface area (TPSA) is 146 Å². The van der Waals surface area contributed by atoms with Crippen LogP contribution in [0.4, 0.5) is 5.69 Å². The number of aromatic nitrogens is 6. The third-order valence-electron chi connectivity index (χ3n) is 7.05. The number of Topliss-reactive ketones (excluding diaryl/α,β-unsaturated/α-hetero) is 1. The van der Waals surface area contributed by atoms with Crippen LogP contribution in [0.15, 0.2) is 54.8 Å². The lowest BCUT2D eigenvalue weighted by Crippen LogP contribution is -2.55. The molecule has 2 aromatic carbocycles.